The molecular formula is C14H22N4O. The molecule has 1 spiro atoms. The van der Waals surface area contributed by atoms with Crippen LogP contribution < -0.4 is 5.32 Å². The number of nitrogens with one attached hydrogen (secondary N) is 1. The Bertz CT molecular complexity index is 426. The van der Waals surface area contributed by atoms with Gasteiger partial charge >= 0.3 is 0 Å². The monoisotopic (exact) mass is 262 g/mol. The van der Waals surface area contributed by atoms with Crippen LogP contribution in [0, 0.1) is 5.41 Å². The highest BCUT2D eigenvalue weighted by atomic mass is 16.2. The normalized spacial score (nSPS) is 23.7. The highest BCUT2D eigenvalue weighted by Gasteiger charge is 2.38. The maximum Gasteiger partial charge on any atom is 0.247 e. The summed E-state index contributed by atoms with van der Waals surface area (Å²) < 4.78 is 1.74. The number of rotatable bonds is 2. The van der Waals surface area contributed by atoms with E-state index in [4.69, 9.17) is 0 Å². The van der Waals surface area contributed by atoms with Crippen molar-refractivity contribution in [1.29, 1.82) is 0 Å². The maximum absolute atomic E-state index is 12.4. The molecule has 1 amide bonds. The molecule has 1 aromatic rings. The zero-order valence-corrected chi connectivity index (χ0v) is 11.5. The van der Waals surface area contributed by atoms with Gasteiger partial charge in [-0.2, -0.15) is 5.10 Å². The lowest BCUT2D eigenvalue weighted by Gasteiger charge is -2.39. The summed E-state index contributed by atoms with van der Waals surface area (Å²) in [4.78, 5) is 14.5. The van der Waals surface area contributed by atoms with Crippen LogP contribution in [0.25, 0.3) is 0 Å². The van der Waals surface area contributed by atoms with Crippen LogP contribution in [0.5, 0.6) is 0 Å². The Hall–Kier alpha value is -1.36. The molecule has 2 fully saturated rings. The molecule has 5 heteroatoms. The summed E-state index contributed by atoms with van der Waals surface area (Å²) >= 11 is 0. The number of hydrogen-bond acceptors (Lipinski definition) is 3. The van der Waals surface area contributed by atoms with E-state index in [0.29, 0.717) is 5.41 Å². The molecule has 0 saturated carbocycles. The fourth-order valence-electron chi connectivity index (χ4n) is 3.31. The topological polar surface area (TPSA) is 50.2 Å². The molecule has 2 aliphatic rings. The zero-order valence-electron chi connectivity index (χ0n) is 11.5. The molecule has 1 unspecified atom stereocenters. The minimum absolute atomic E-state index is 0.189. The van der Waals surface area contributed by atoms with E-state index in [-0.39, 0.29) is 11.9 Å². The summed E-state index contributed by atoms with van der Waals surface area (Å²) in [6, 6.07) is 1.67. The van der Waals surface area contributed by atoms with Gasteiger partial charge in [-0.1, -0.05) is 0 Å². The highest BCUT2D eigenvalue weighted by Crippen LogP contribution is 2.37. The molecule has 1 atom stereocenters. The van der Waals surface area contributed by atoms with E-state index in [2.05, 4.69) is 10.4 Å². The average molecular weight is 262 g/mol. The van der Waals surface area contributed by atoms with E-state index < -0.39 is 0 Å². The second-order valence-electron chi connectivity index (χ2n) is 5.91. The minimum Gasteiger partial charge on any atom is -0.341 e. The van der Waals surface area contributed by atoms with Gasteiger partial charge in [0.05, 0.1) is 0 Å². The van der Waals surface area contributed by atoms with Gasteiger partial charge in [0.2, 0.25) is 5.91 Å². The first-order valence-electron chi connectivity index (χ1n) is 7.19. The van der Waals surface area contributed by atoms with Crippen molar-refractivity contribution in [3.63, 3.8) is 0 Å². The standard InChI is InChI=1S/C14H22N4O/c1-12(18-8-2-6-16-18)13(19)17-9-4-14(5-10-17)3-7-15-11-14/h2,6,8,12,15H,3-5,7,9-11H2,1H3. The summed E-state index contributed by atoms with van der Waals surface area (Å²) in [5, 5.41) is 7.62. The molecule has 2 aliphatic heterocycles. The fourth-order valence-corrected chi connectivity index (χ4v) is 3.31. The van der Waals surface area contributed by atoms with Crippen molar-refractivity contribution in [3.8, 4) is 0 Å². The van der Waals surface area contributed by atoms with Gasteiger partial charge in [-0.05, 0) is 44.2 Å². The van der Waals surface area contributed by atoms with Crippen molar-refractivity contribution in [1.82, 2.24) is 20.0 Å². The van der Waals surface area contributed by atoms with Crippen LogP contribution in [0.4, 0.5) is 0 Å². The zero-order chi connectivity index (χ0) is 13.3. The summed E-state index contributed by atoms with van der Waals surface area (Å²) in [7, 11) is 0. The van der Waals surface area contributed by atoms with Gasteiger partial charge in [-0.25, -0.2) is 0 Å². The van der Waals surface area contributed by atoms with Crippen LogP contribution in [0.15, 0.2) is 18.5 Å². The van der Waals surface area contributed by atoms with Crippen LogP contribution in [0.2, 0.25) is 0 Å². The van der Waals surface area contributed by atoms with Gasteiger partial charge in [0.15, 0.2) is 0 Å². The Kier molecular flexibility index (Phi) is 3.31. The van der Waals surface area contributed by atoms with E-state index in [1.54, 1.807) is 10.9 Å². The summed E-state index contributed by atoms with van der Waals surface area (Å²) in [6.45, 7) is 5.98. The molecule has 0 bridgehead atoms. The molecule has 5 nitrogen and oxygen atoms in total. The molecule has 104 valence electrons. The number of piperidine rings is 1. The molecule has 3 heterocycles. The van der Waals surface area contributed by atoms with Crippen LogP contribution >= 0.6 is 0 Å². The molecule has 0 aliphatic carbocycles. The highest BCUT2D eigenvalue weighted by molar-refractivity contribution is 5.80. The quantitative estimate of drug-likeness (QED) is 0.866. The fraction of sp³-hybridized carbons (Fsp3) is 0.714. The lowest BCUT2D eigenvalue weighted by atomic mass is 9.78. The van der Waals surface area contributed by atoms with E-state index in [9.17, 15) is 4.79 Å². The summed E-state index contributed by atoms with van der Waals surface area (Å²) in [5.41, 5.74) is 0.464. The van der Waals surface area contributed by atoms with Gasteiger partial charge in [0, 0.05) is 32.0 Å². The Morgan fingerprint density at radius 2 is 2.16 bits per heavy atom. The minimum atomic E-state index is -0.189. The number of hydrogen-bond donors (Lipinski definition) is 1. The molecule has 2 saturated heterocycles. The number of amides is 1. The van der Waals surface area contributed by atoms with Crippen LogP contribution in [0.1, 0.15) is 32.2 Å². The van der Waals surface area contributed by atoms with Gasteiger partial charge in [-0.15, -0.1) is 0 Å². The Morgan fingerprint density at radius 3 is 2.74 bits per heavy atom. The van der Waals surface area contributed by atoms with Crippen molar-refractivity contribution < 1.29 is 4.79 Å². The molecule has 1 aromatic heterocycles. The molecule has 0 radical (unpaired) electrons. The number of likely N-dealkylation sites (tertiary alicyclic amines) is 1. The van der Waals surface area contributed by atoms with Crippen molar-refractivity contribution in [2.75, 3.05) is 26.2 Å². The third kappa shape index (κ3) is 2.39. The maximum atomic E-state index is 12.4. The number of nitrogens with zero attached hydrogens (tertiary/aromatic N) is 3. The smallest absolute Gasteiger partial charge is 0.247 e. The Labute approximate surface area is 114 Å². The van der Waals surface area contributed by atoms with Crippen molar-refractivity contribution in [3.05, 3.63) is 18.5 Å². The van der Waals surface area contributed by atoms with Crippen molar-refractivity contribution in [2.24, 2.45) is 5.41 Å². The van der Waals surface area contributed by atoms with E-state index in [1.165, 1.54) is 6.42 Å². The number of carbonyl (C=O) groups excluding carboxylic acids is 1. The predicted octanol–water partition coefficient (Wildman–Crippen LogP) is 1.05. The van der Waals surface area contributed by atoms with Crippen LogP contribution in [-0.2, 0) is 4.79 Å². The third-order valence-electron chi connectivity index (χ3n) is 4.75. The molecule has 3 rings (SSSR count). The largest absolute Gasteiger partial charge is 0.341 e. The van der Waals surface area contributed by atoms with E-state index >= 15 is 0 Å². The van der Waals surface area contributed by atoms with Gasteiger partial charge in [0.25, 0.3) is 0 Å². The SMILES string of the molecule is CC(C(=O)N1CCC2(CCNC2)CC1)n1cccn1. The number of carbonyl (C=O) groups is 1. The predicted molar refractivity (Wildman–Crippen MR) is 72.7 cm³/mol. The Morgan fingerprint density at radius 1 is 1.37 bits per heavy atom. The van der Waals surface area contributed by atoms with Crippen molar-refractivity contribution in [2.45, 2.75) is 32.2 Å². The van der Waals surface area contributed by atoms with Gasteiger partial charge in [-0.3, -0.25) is 9.48 Å². The first-order chi connectivity index (χ1) is 9.20. The molecule has 0 aromatic carbocycles. The lowest BCUT2D eigenvalue weighted by molar-refractivity contribution is -0.136. The second kappa shape index (κ2) is 4.96. The van der Waals surface area contributed by atoms with E-state index in [0.717, 1.165) is 39.0 Å². The molecular weight excluding hydrogens is 240 g/mol. The number of aromatic nitrogens is 2. The first kappa shape index (κ1) is 12.7. The van der Waals surface area contributed by atoms with Crippen LogP contribution in [0.3, 0.4) is 0 Å². The lowest BCUT2D eigenvalue weighted by Crippen LogP contribution is -2.46. The summed E-state index contributed by atoms with van der Waals surface area (Å²) in [5.74, 6) is 0.199. The molecule has 1 N–H and O–H groups in total. The van der Waals surface area contributed by atoms with Gasteiger partial charge in [0.1, 0.15) is 6.04 Å². The molecule has 19 heavy (non-hydrogen) atoms. The van der Waals surface area contributed by atoms with Crippen molar-refractivity contribution >= 4 is 5.91 Å². The summed E-state index contributed by atoms with van der Waals surface area (Å²) in [6.07, 6.45) is 7.12. The Balaban J connectivity index is 1.60. The first-order valence-corrected chi connectivity index (χ1v) is 7.19. The second-order valence-corrected chi connectivity index (χ2v) is 5.91. The van der Waals surface area contributed by atoms with Gasteiger partial charge < -0.3 is 10.2 Å². The van der Waals surface area contributed by atoms with Crippen LogP contribution in [-0.4, -0.2) is 46.8 Å². The third-order valence-corrected chi connectivity index (χ3v) is 4.75. The average Bonchev–Trinajstić information content (AvgIpc) is 3.10. The van der Waals surface area contributed by atoms with E-state index in [1.807, 2.05) is 24.1 Å².